The van der Waals surface area contributed by atoms with E-state index in [0.29, 0.717) is 30.6 Å². The lowest BCUT2D eigenvalue weighted by molar-refractivity contribution is 0.187. The highest BCUT2D eigenvalue weighted by molar-refractivity contribution is 5.84. The molecule has 2 aromatic rings. The van der Waals surface area contributed by atoms with Crippen molar-refractivity contribution in [2.75, 3.05) is 19.0 Å². The number of rotatable bonds is 6. The summed E-state index contributed by atoms with van der Waals surface area (Å²) in [6.45, 7) is 9.95. The number of carbonyl (C=O) groups excluding carboxylic acids is 1. The summed E-state index contributed by atoms with van der Waals surface area (Å²) in [4.78, 5) is 20.1. The van der Waals surface area contributed by atoms with Gasteiger partial charge in [-0.25, -0.2) is 14.8 Å². The molecule has 0 aliphatic rings. The number of oxazole rings is 1. The molecular formula is C20H29N5O3. The van der Waals surface area contributed by atoms with E-state index >= 15 is 0 Å². The third-order valence-electron chi connectivity index (χ3n) is 3.85. The minimum absolute atomic E-state index is 0.0707. The molecule has 8 nitrogen and oxygen atoms in total. The average Bonchev–Trinajstić information content (AvgIpc) is 3.14. The van der Waals surface area contributed by atoms with Crippen LogP contribution in [0.25, 0.3) is 0 Å². The van der Waals surface area contributed by atoms with E-state index in [9.17, 15) is 4.79 Å². The number of amides is 1. The van der Waals surface area contributed by atoms with Crippen LogP contribution in [0.2, 0.25) is 0 Å². The van der Waals surface area contributed by atoms with E-state index in [1.165, 1.54) is 7.11 Å². The molecule has 0 bridgehead atoms. The fraction of sp³-hybridized carbons (Fsp3) is 0.450. The number of nitrogens with zero attached hydrogens (tertiary/aromatic N) is 2. The molecule has 1 aromatic carbocycles. The summed E-state index contributed by atoms with van der Waals surface area (Å²) in [7, 11) is 1.33. The average molecular weight is 387 g/mol. The molecule has 0 aliphatic heterocycles. The Morgan fingerprint density at radius 2 is 1.93 bits per heavy atom. The maximum absolute atomic E-state index is 11.2. The Bertz CT molecular complexity index is 791. The lowest BCUT2D eigenvalue weighted by Crippen LogP contribution is -2.36. The molecule has 0 spiro atoms. The summed E-state index contributed by atoms with van der Waals surface area (Å²) >= 11 is 0. The lowest BCUT2D eigenvalue weighted by atomic mass is 9.94. The monoisotopic (exact) mass is 387 g/mol. The van der Waals surface area contributed by atoms with Crippen LogP contribution in [0, 0.1) is 0 Å². The predicted molar refractivity (Wildman–Crippen MR) is 109 cm³/mol. The van der Waals surface area contributed by atoms with Crippen molar-refractivity contribution in [3.05, 3.63) is 47.7 Å². The normalized spacial score (nSPS) is 11.8. The molecule has 0 radical (unpaired) electrons. The van der Waals surface area contributed by atoms with Crippen molar-refractivity contribution < 1.29 is 13.9 Å². The third-order valence-corrected chi connectivity index (χ3v) is 3.85. The van der Waals surface area contributed by atoms with Crippen molar-refractivity contribution in [3.63, 3.8) is 0 Å². The Morgan fingerprint density at radius 3 is 2.50 bits per heavy atom. The highest BCUT2D eigenvalue weighted by atomic mass is 16.5. The van der Waals surface area contributed by atoms with Crippen molar-refractivity contribution in [2.45, 2.75) is 46.2 Å². The second-order valence-corrected chi connectivity index (χ2v) is 7.23. The minimum Gasteiger partial charge on any atom is -0.453 e. The maximum Gasteiger partial charge on any atom is 0.411 e. The molecule has 0 unspecified atom stereocenters. The fourth-order valence-corrected chi connectivity index (χ4v) is 2.27. The van der Waals surface area contributed by atoms with Crippen molar-refractivity contribution in [1.29, 1.82) is 0 Å². The minimum atomic E-state index is -0.495. The van der Waals surface area contributed by atoms with Crippen LogP contribution in [0.3, 0.4) is 0 Å². The zero-order valence-corrected chi connectivity index (χ0v) is 17.1. The van der Waals surface area contributed by atoms with Crippen molar-refractivity contribution in [2.24, 2.45) is 4.99 Å². The molecule has 0 atom stereocenters. The van der Waals surface area contributed by atoms with Gasteiger partial charge in [-0.3, -0.25) is 5.32 Å². The highest BCUT2D eigenvalue weighted by Crippen LogP contribution is 2.22. The number of benzene rings is 1. The van der Waals surface area contributed by atoms with Gasteiger partial charge in [-0.05, 0) is 24.6 Å². The van der Waals surface area contributed by atoms with E-state index in [-0.39, 0.29) is 5.41 Å². The summed E-state index contributed by atoms with van der Waals surface area (Å²) in [5.41, 5.74) is 1.61. The Labute approximate surface area is 165 Å². The molecule has 1 heterocycles. The largest absolute Gasteiger partial charge is 0.453 e. The standard InChI is InChI=1S/C20H29N5O3/c1-6-21-18(24-13-17-22-12-16(28-17)20(2,3)4)23-11-14-7-9-15(10-8-14)25-19(26)27-5/h7-10,12H,6,11,13H2,1-5H3,(H,25,26)(H2,21,23,24). The number of carbonyl (C=O) groups is 1. The van der Waals surface area contributed by atoms with Crippen LogP contribution in [0.15, 0.2) is 39.9 Å². The van der Waals surface area contributed by atoms with Gasteiger partial charge in [0.15, 0.2) is 5.96 Å². The molecule has 1 aromatic heterocycles. The Kier molecular flexibility index (Phi) is 7.43. The number of aromatic nitrogens is 1. The Hall–Kier alpha value is -3.03. The van der Waals surface area contributed by atoms with Crippen molar-refractivity contribution >= 4 is 17.7 Å². The van der Waals surface area contributed by atoms with E-state index < -0.39 is 6.09 Å². The number of hydrogen-bond acceptors (Lipinski definition) is 5. The van der Waals surface area contributed by atoms with E-state index in [2.05, 4.69) is 51.4 Å². The maximum atomic E-state index is 11.2. The number of nitrogens with one attached hydrogen (secondary N) is 3. The van der Waals surface area contributed by atoms with Crippen molar-refractivity contribution in [1.82, 2.24) is 15.6 Å². The first-order chi connectivity index (χ1) is 13.3. The van der Waals surface area contributed by atoms with E-state index in [0.717, 1.165) is 17.9 Å². The first kappa shape index (κ1) is 21.3. The van der Waals surface area contributed by atoms with Crippen molar-refractivity contribution in [3.8, 4) is 0 Å². The first-order valence-corrected chi connectivity index (χ1v) is 9.23. The molecular weight excluding hydrogens is 358 g/mol. The molecule has 8 heteroatoms. The summed E-state index contributed by atoms with van der Waals surface area (Å²) < 4.78 is 10.4. The number of methoxy groups -OCH3 is 1. The van der Waals surface area contributed by atoms with Crippen LogP contribution in [-0.4, -0.2) is 30.7 Å². The van der Waals surface area contributed by atoms with E-state index in [4.69, 9.17) is 4.42 Å². The zero-order valence-electron chi connectivity index (χ0n) is 17.1. The number of hydrogen-bond donors (Lipinski definition) is 3. The van der Waals surface area contributed by atoms with Gasteiger partial charge in [0.05, 0.1) is 26.4 Å². The molecule has 152 valence electrons. The van der Waals surface area contributed by atoms with Crippen LogP contribution >= 0.6 is 0 Å². The highest BCUT2D eigenvalue weighted by Gasteiger charge is 2.19. The first-order valence-electron chi connectivity index (χ1n) is 9.23. The van der Waals surface area contributed by atoms with Gasteiger partial charge in [0.25, 0.3) is 0 Å². The van der Waals surface area contributed by atoms with Crippen LogP contribution in [0.4, 0.5) is 10.5 Å². The second-order valence-electron chi connectivity index (χ2n) is 7.23. The molecule has 28 heavy (non-hydrogen) atoms. The summed E-state index contributed by atoms with van der Waals surface area (Å²) in [6.07, 6.45) is 1.27. The second kappa shape index (κ2) is 9.77. The van der Waals surface area contributed by atoms with Gasteiger partial charge in [-0.2, -0.15) is 0 Å². The van der Waals surface area contributed by atoms with E-state index in [1.54, 1.807) is 6.20 Å². The van der Waals surface area contributed by atoms with Gasteiger partial charge in [-0.1, -0.05) is 32.9 Å². The summed E-state index contributed by atoms with van der Waals surface area (Å²) in [5, 5.41) is 9.04. The van der Waals surface area contributed by atoms with Gasteiger partial charge in [0.1, 0.15) is 5.76 Å². The number of anilines is 1. The third kappa shape index (κ3) is 6.61. The van der Waals surface area contributed by atoms with Crippen LogP contribution in [0.1, 0.15) is 44.9 Å². The molecule has 0 fully saturated rings. The van der Waals surface area contributed by atoms with Gasteiger partial charge in [0, 0.05) is 17.6 Å². The lowest BCUT2D eigenvalue weighted by Gasteiger charge is -2.13. The van der Waals surface area contributed by atoms with Crippen LogP contribution < -0.4 is 16.0 Å². The Balaban J connectivity index is 1.94. The molecule has 1 amide bonds. The van der Waals surface area contributed by atoms with Gasteiger partial charge in [-0.15, -0.1) is 0 Å². The topological polar surface area (TPSA) is 101 Å². The summed E-state index contributed by atoms with van der Waals surface area (Å²) in [5.74, 6) is 2.15. The predicted octanol–water partition coefficient (Wildman–Crippen LogP) is 3.41. The molecule has 2 rings (SSSR count). The van der Waals surface area contributed by atoms with Gasteiger partial charge >= 0.3 is 6.09 Å². The van der Waals surface area contributed by atoms with Gasteiger partial charge < -0.3 is 19.8 Å². The van der Waals surface area contributed by atoms with Crippen LogP contribution in [0.5, 0.6) is 0 Å². The number of guanidine groups is 1. The van der Waals surface area contributed by atoms with Crippen LogP contribution in [-0.2, 0) is 23.2 Å². The quantitative estimate of drug-likeness (QED) is 0.519. The Morgan fingerprint density at radius 1 is 1.21 bits per heavy atom. The zero-order chi connectivity index (χ0) is 20.6. The SMILES string of the molecule is CCNC(=NCc1ccc(NC(=O)OC)cc1)NCc1ncc(C(C)(C)C)o1. The van der Waals surface area contributed by atoms with E-state index in [1.807, 2.05) is 31.2 Å². The van der Waals surface area contributed by atoms with Gasteiger partial charge in [0.2, 0.25) is 5.89 Å². The summed E-state index contributed by atoms with van der Waals surface area (Å²) in [6, 6.07) is 7.43. The number of ether oxygens (including phenoxy) is 1. The molecule has 0 saturated heterocycles. The molecule has 0 aliphatic carbocycles. The smallest absolute Gasteiger partial charge is 0.411 e. The number of aliphatic imine (C=N–C) groups is 1. The fourth-order valence-electron chi connectivity index (χ4n) is 2.27. The molecule has 0 saturated carbocycles. The molecule has 3 N–H and O–H groups in total.